The molecule has 0 aliphatic carbocycles. The Balaban J connectivity index is 0.000000596. The summed E-state index contributed by atoms with van der Waals surface area (Å²) >= 11 is 7.53. The maximum absolute atomic E-state index is 12.4. The number of nitrogens with two attached hydrogens (primary N) is 1. The normalized spacial score (nSPS) is 12.2. The predicted octanol–water partition coefficient (Wildman–Crippen LogP) is 3.39. The summed E-state index contributed by atoms with van der Waals surface area (Å²) < 4.78 is 24.8. The van der Waals surface area contributed by atoms with Gasteiger partial charge in [-0.2, -0.15) is 25.3 Å². The Morgan fingerprint density at radius 3 is 1.65 bits per heavy atom. The molecule has 0 spiro atoms. The number of halogens is 2. The molecule has 0 unspecified atom stereocenters. The van der Waals surface area contributed by atoms with E-state index in [1.807, 2.05) is 0 Å². The number of thiol groups is 2. The molecular formula is C31H37F2NO10S2. The van der Waals surface area contributed by atoms with E-state index in [1.54, 1.807) is 6.07 Å². The molecule has 0 amide bonds. The number of carboxylic acids is 3. The van der Waals surface area contributed by atoms with Crippen molar-refractivity contribution >= 4 is 49.2 Å². The van der Waals surface area contributed by atoms with E-state index in [4.69, 9.17) is 41.5 Å². The molecular weight excluding hydrogens is 648 g/mol. The number of aryl methyl sites for hydroxylation is 1. The van der Waals surface area contributed by atoms with Gasteiger partial charge in [-0.25, -0.2) is 13.6 Å². The van der Waals surface area contributed by atoms with Gasteiger partial charge in [-0.15, -0.1) is 0 Å². The lowest BCUT2D eigenvalue weighted by Gasteiger charge is -2.11. The van der Waals surface area contributed by atoms with Crippen LogP contribution in [0.1, 0.15) is 23.1 Å². The first kappa shape index (κ1) is 41.9. The molecule has 0 radical (unpaired) electrons. The summed E-state index contributed by atoms with van der Waals surface area (Å²) in [7, 11) is 0. The molecule has 0 aliphatic rings. The number of rotatable bonds is 11. The number of carboxylic acid groups (broad SMARTS) is 3. The van der Waals surface area contributed by atoms with Crippen molar-refractivity contribution in [3.8, 4) is 11.5 Å². The molecule has 252 valence electrons. The Morgan fingerprint density at radius 2 is 1.24 bits per heavy atom. The van der Waals surface area contributed by atoms with Crippen molar-refractivity contribution < 1.29 is 58.9 Å². The molecule has 3 aromatic rings. The molecule has 15 heteroatoms. The number of benzene rings is 3. The third-order valence-electron chi connectivity index (χ3n) is 5.46. The molecule has 0 aromatic heterocycles. The first-order chi connectivity index (χ1) is 21.6. The fraction of sp³-hybridized carbons (Fsp3) is 0.258. The van der Waals surface area contributed by atoms with Crippen molar-refractivity contribution in [1.29, 1.82) is 0 Å². The summed E-state index contributed by atoms with van der Waals surface area (Å²) in [5.74, 6) is -3.47. The predicted molar refractivity (Wildman–Crippen MR) is 174 cm³/mol. The van der Waals surface area contributed by atoms with E-state index >= 15 is 0 Å². The standard InChI is InChI=1S/C9H10FNO2.C9H7FO2.C9H10O4.C4H10O2S2/c10-7-3-1-6(2-4-7)5-8(11)9(12)13;10-8-4-1-7(2-5-8)3-6-9(11)12;10-7-3-1-6(5-8(7)11)2-4-9(12)13;5-3(1-7)4(6)2-8/h1-4,8H,5,11H2,(H,12,13);1-6H,(H,11,12);1,3,5,10-11H,2,4H2,(H,12,13);3-8H,1-2H2/t8-;;;3-,4-/m1..1/s1. The van der Waals surface area contributed by atoms with E-state index in [0.717, 1.165) is 11.6 Å². The summed E-state index contributed by atoms with van der Waals surface area (Å²) in [6.07, 6.45) is 1.52. The maximum atomic E-state index is 12.4. The number of carbonyl (C=O) groups is 3. The minimum Gasteiger partial charge on any atom is -0.504 e. The molecule has 0 saturated heterocycles. The zero-order chi connectivity index (χ0) is 35.2. The largest absolute Gasteiger partial charge is 0.504 e. The molecule has 0 saturated carbocycles. The van der Waals surface area contributed by atoms with Gasteiger partial charge in [0, 0.05) is 24.0 Å². The summed E-state index contributed by atoms with van der Waals surface area (Å²) in [5, 5.41) is 60.7. The van der Waals surface area contributed by atoms with E-state index in [9.17, 15) is 23.2 Å². The highest BCUT2D eigenvalue weighted by Crippen LogP contribution is 2.25. The highest BCUT2D eigenvalue weighted by atomic mass is 32.1. The number of phenolic OH excluding ortho intramolecular Hbond substituents is 2. The Hall–Kier alpha value is -4.15. The number of aliphatic carboxylic acids is 3. The fourth-order valence-electron chi connectivity index (χ4n) is 2.92. The first-order valence-electron chi connectivity index (χ1n) is 13.3. The topological polar surface area (TPSA) is 219 Å². The van der Waals surface area contributed by atoms with E-state index in [-0.39, 0.29) is 47.5 Å². The van der Waals surface area contributed by atoms with Crippen molar-refractivity contribution in [2.75, 3.05) is 11.5 Å². The van der Waals surface area contributed by atoms with Crippen molar-refractivity contribution in [3.63, 3.8) is 0 Å². The molecule has 0 bridgehead atoms. The lowest BCUT2D eigenvalue weighted by Crippen LogP contribution is -2.32. The second-order valence-corrected chi connectivity index (χ2v) is 9.95. The number of aliphatic hydroxyl groups is 2. The number of hydrogen-bond acceptors (Lipinski definition) is 10. The Labute approximate surface area is 275 Å². The lowest BCUT2D eigenvalue weighted by molar-refractivity contribution is -0.139. The molecule has 11 nitrogen and oxygen atoms in total. The number of aromatic hydroxyl groups is 2. The summed E-state index contributed by atoms with van der Waals surface area (Å²) in [6.45, 7) is 0. The third-order valence-corrected chi connectivity index (χ3v) is 6.21. The number of aliphatic hydroxyl groups excluding tert-OH is 2. The van der Waals surface area contributed by atoms with E-state index in [0.29, 0.717) is 17.5 Å². The molecule has 3 rings (SSSR count). The van der Waals surface area contributed by atoms with Crippen LogP contribution in [0.3, 0.4) is 0 Å². The van der Waals surface area contributed by atoms with E-state index in [2.05, 4.69) is 25.3 Å². The molecule has 46 heavy (non-hydrogen) atoms. The molecule has 0 heterocycles. The van der Waals surface area contributed by atoms with Crippen molar-refractivity contribution in [3.05, 3.63) is 101 Å². The molecule has 0 aliphatic heterocycles. The molecule has 3 atom stereocenters. The van der Waals surface area contributed by atoms with Gasteiger partial charge in [0.05, 0.1) is 12.2 Å². The van der Waals surface area contributed by atoms with Crippen LogP contribution in [-0.2, 0) is 27.2 Å². The van der Waals surface area contributed by atoms with Crippen LogP contribution in [0.15, 0.2) is 72.8 Å². The highest BCUT2D eigenvalue weighted by molar-refractivity contribution is 7.80. The second kappa shape index (κ2) is 23.2. The Bertz CT molecular complexity index is 1370. The van der Waals surface area contributed by atoms with Gasteiger partial charge in [-0.1, -0.05) is 30.3 Å². The van der Waals surface area contributed by atoms with Gasteiger partial charge in [0.1, 0.15) is 17.7 Å². The van der Waals surface area contributed by atoms with Crippen LogP contribution in [0.4, 0.5) is 8.78 Å². The van der Waals surface area contributed by atoms with Gasteiger partial charge >= 0.3 is 17.9 Å². The fourth-order valence-corrected chi connectivity index (χ4v) is 3.41. The highest BCUT2D eigenvalue weighted by Gasteiger charge is 2.12. The van der Waals surface area contributed by atoms with Crippen LogP contribution < -0.4 is 5.73 Å². The quantitative estimate of drug-likeness (QED) is 0.0801. The summed E-state index contributed by atoms with van der Waals surface area (Å²) in [6, 6.07) is 14.5. The smallest absolute Gasteiger partial charge is 0.328 e. The van der Waals surface area contributed by atoms with Crippen LogP contribution in [0.5, 0.6) is 11.5 Å². The van der Waals surface area contributed by atoms with Gasteiger partial charge in [0.15, 0.2) is 11.5 Å². The monoisotopic (exact) mass is 685 g/mol. The summed E-state index contributed by atoms with van der Waals surface area (Å²) in [4.78, 5) is 30.7. The average molecular weight is 686 g/mol. The third kappa shape index (κ3) is 20.0. The molecule has 3 aromatic carbocycles. The van der Waals surface area contributed by atoms with Crippen LogP contribution in [-0.4, -0.2) is 83.4 Å². The van der Waals surface area contributed by atoms with Crippen LogP contribution in [0, 0.1) is 11.6 Å². The van der Waals surface area contributed by atoms with Gasteiger partial charge in [-0.05, 0) is 72.0 Å². The minimum absolute atomic E-state index is 0.0181. The Kier molecular flexibility index (Phi) is 21.1. The van der Waals surface area contributed by atoms with Crippen molar-refractivity contribution in [1.82, 2.24) is 0 Å². The second-order valence-electron chi connectivity index (χ2n) is 9.22. The zero-order valence-corrected chi connectivity index (χ0v) is 26.1. The first-order valence-corrected chi connectivity index (χ1v) is 14.6. The van der Waals surface area contributed by atoms with Gasteiger partial charge in [-0.3, -0.25) is 9.59 Å². The van der Waals surface area contributed by atoms with Gasteiger partial charge < -0.3 is 41.5 Å². The van der Waals surface area contributed by atoms with Gasteiger partial charge in [0.2, 0.25) is 0 Å². The number of hydrogen-bond donors (Lipinski definition) is 10. The molecule has 0 fully saturated rings. The minimum atomic E-state index is -1.05. The van der Waals surface area contributed by atoms with E-state index < -0.39 is 36.2 Å². The van der Waals surface area contributed by atoms with E-state index in [1.165, 1.54) is 66.7 Å². The molecule has 9 N–H and O–H groups in total. The Morgan fingerprint density at radius 1 is 0.761 bits per heavy atom. The SMILES string of the molecule is N[C@H](Cc1ccc(F)cc1)C(=O)O.O=C(O)C=Cc1ccc(F)cc1.O=C(O)CCc1ccc(O)c(O)c1.O[C@H](CS)[C@H](O)CS. The maximum Gasteiger partial charge on any atom is 0.328 e. The van der Waals surface area contributed by atoms with Crippen molar-refractivity contribution in [2.45, 2.75) is 37.5 Å². The zero-order valence-electron chi connectivity index (χ0n) is 24.4. The van der Waals surface area contributed by atoms with Crippen LogP contribution >= 0.6 is 25.3 Å². The average Bonchev–Trinajstić information content (AvgIpc) is 3.02. The van der Waals surface area contributed by atoms with Crippen LogP contribution in [0.2, 0.25) is 0 Å². The lowest BCUT2D eigenvalue weighted by atomic mass is 10.1. The summed E-state index contributed by atoms with van der Waals surface area (Å²) in [5.41, 5.74) is 7.37. The van der Waals surface area contributed by atoms with Gasteiger partial charge in [0.25, 0.3) is 0 Å². The van der Waals surface area contributed by atoms with Crippen molar-refractivity contribution in [2.24, 2.45) is 5.73 Å². The number of phenols is 2. The van der Waals surface area contributed by atoms with Crippen LogP contribution in [0.25, 0.3) is 6.08 Å².